The number of hydrogen-bond donors (Lipinski definition) is 1. The van der Waals surface area contributed by atoms with Gasteiger partial charge in [0.1, 0.15) is 12.6 Å². The second-order valence-corrected chi connectivity index (χ2v) is 6.60. The highest BCUT2D eigenvalue weighted by Crippen LogP contribution is 2.29. The molecule has 0 bridgehead atoms. The van der Waals surface area contributed by atoms with Crippen molar-refractivity contribution in [2.75, 3.05) is 6.61 Å². The predicted octanol–water partition coefficient (Wildman–Crippen LogP) is 3.41. The van der Waals surface area contributed by atoms with Crippen LogP contribution in [0.25, 0.3) is 0 Å². The molecule has 1 N–H and O–H groups in total. The number of nitrogens with zero attached hydrogens (tertiary/aromatic N) is 1. The second kappa shape index (κ2) is 9.06. The van der Waals surface area contributed by atoms with Crippen LogP contribution in [0.3, 0.4) is 0 Å². The smallest absolute Gasteiger partial charge is 0.417 e. The van der Waals surface area contributed by atoms with Gasteiger partial charge >= 0.3 is 6.09 Å². The quantitative estimate of drug-likeness (QED) is 0.549. The Labute approximate surface area is 138 Å². The molecule has 0 aromatic rings. The molecular formula is C18H29NO4. The van der Waals surface area contributed by atoms with Crippen LogP contribution in [-0.4, -0.2) is 40.8 Å². The van der Waals surface area contributed by atoms with Gasteiger partial charge in [-0.15, -0.1) is 0 Å². The van der Waals surface area contributed by atoms with Crippen LogP contribution in [0, 0.1) is 5.92 Å². The van der Waals surface area contributed by atoms with E-state index in [4.69, 9.17) is 4.74 Å². The zero-order chi connectivity index (χ0) is 16.7. The number of allylic oxidation sites excluding steroid dienone is 1. The minimum absolute atomic E-state index is 0.0820. The van der Waals surface area contributed by atoms with Gasteiger partial charge in [-0.2, -0.15) is 0 Å². The molecule has 0 radical (unpaired) electrons. The maximum Gasteiger partial charge on any atom is 0.417 e. The van der Waals surface area contributed by atoms with Crippen LogP contribution >= 0.6 is 0 Å². The number of imide groups is 1. The van der Waals surface area contributed by atoms with Crippen LogP contribution in [0.5, 0.6) is 0 Å². The summed E-state index contributed by atoms with van der Waals surface area (Å²) in [6.45, 7) is 2.26. The van der Waals surface area contributed by atoms with E-state index < -0.39 is 18.2 Å². The van der Waals surface area contributed by atoms with Crippen molar-refractivity contribution in [1.82, 2.24) is 4.90 Å². The van der Waals surface area contributed by atoms with Gasteiger partial charge in [0.15, 0.2) is 0 Å². The topological polar surface area (TPSA) is 66.8 Å². The minimum atomic E-state index is -0.849. The number of rotatable bonds is 8. The number of hydrogen-bond acceptors (Lipinski definition) is 4. The molecule has 2 atom stereocenters. The number of carbonyl (C=O) groups excluding carboxylic acids is 2. The number of ether oxygens (including phenoxy) is 1. The molecule has 130 valence electrons. The van der Waals surface area contributed by atoms with Crippen molar-refractivity contribution in [2.45, 2.75) is 76.9 Å². The molecule has 0 aromatic heterocycles. The summed E-state index contributed by atoms with van der Waals surface area (Å²) in [6.07, 6.45) is 11.5. The third kappa shape index (κ3) is 4.80. The lowest BCUT2D eigenvalue weighted by atomic mass is 10.0. The molecule has 2 aliphatic rings. The van der Waals surface area contributed by atoms with Gasteiger partial charge in [-0.05, 0) is 25.7 Å². The van der Waals surface area contributed by atoms with Gasteiger partial charge in [-0.25, -0.2) is 9.69 Å². The normalized spacial score (nSPS) is 23.7. The Bertz CT molecular complexity index is 429. The first-order valence-corrected chi connectivity index (χ1v) is 8.99. The van der Waals surface area contributed by atoms with Gasteiger partial charge in [-0.3, -0.25) is 4.79 Å². The molecule has 2 amide bonds. The molecule has 0 spiro atoms. The van der Waals surface area contributed by atoms with Crippen LogP contribution in [0.1, 0.15) is 64.7 Å². The molecule has 1 saturated heterocycles. The monoisotopic (exact) mass is 323 g/mol. The summed E-state index contributed by atoms with van der Waals surface area (Å²) in [5.41, 5.74) is 0. The van der Waals surface area contributed by atoms with Crippen LogP contribution in [0.4, 0.5) is 4.79 Å². The van der Waals surface area contributed by atoms with Gasteiger partial charge in [0.05, 0.1) is 6.10 Å². The Morgan fingerprint density at radius 1 is 1.35 bits per heavy atom. The van der Waals surface area contributed by atoms with Crippen molar-refractivity contribution < 1.29 is 19.4 Å². The highest BCUT2D eigenvalue weighted by Gasteiger charge is 2.43. The number of unbranched alkanes of at least 4 members (excludes halogenated alkanes) is 4. The lowest BCUT2D eigenvalue weighted by molar-refractivity contribution is -0.134. The van der Waals surface area contributed by atoms with Crippen molar-refractivity contribution in [3.05, 3.63) is 12.2 Å². The summed E-state index contributed by atoms with van der Waals surface area (Å²) >= 11 is 0. The molecule has 1 aliphatic carbocycles. The Balaban J connectivity index is 1.87. The molecule has 5 heteroatoms. The van der Waals surface area contributed by atoms with Crippen molar-refractivity contribution in [3.63, 3.8) is 0 Å². The van der Waals surface area contributed by atoms with Crippen molar-refractivity contribution in [3.8, 4) is 0 Å². The fourth-order valence-corrected chi connectivity index (χ4v) is 3.36. The molecule has 1 aliphatic heterocycles. The highest BCUT2D eigenvalue weighted by atomic mass is 16.6. The van der Waals surface area contributed by atoms with Gasteiger partial charge in [-0.1, -0.05) is 51.2 Å². The van der Waals surface area contributed by atoms with Crippen LogP contribution < -0.4 is 0 Å². The van der Waals surface area contributed by atoms with E-state index in [9.17, 15) is 14.7 Å². The first-order chi connectivity index (χ1) is 11.1. The molecule has 5 nitrogen and oxygen atoms in total. The van der Waals surface area contributed by atoms with Crippen LogP contribution in [-0.2, 0) is 9.53 Å². The molecule has 1 heterocycles. The summed E-state index contributed by atoms with van der Waals surface area (Å²) in [5.74, 6) is -0.265. The van der Waals surface area contributed by atoms with Crippen LogP contribution in [0.2, 0.25) is 0 Å². The average molecular weight is 323 g/mol. The molecule has 23 heavy (non-hydrogen) atoms. The Morgan fingerprint density at radius 3 is 2.78 bits per heavy atom. The summed E-state index contributed by atoms with van der Waals surface area (Å²) in [5, 5.41) is 10.3. The summed E-state index contributed by atoms with van der Waals surface area (Å²) in [6, 6.07) is -0.581. The SMILES string of the molecule is CCCCCC/C=C/[C@@H](O)[C@@H]1COC(=O)N1C(=O)C1CCCC1. The van der Waals surface area contributed by atoms with E-state index in [1.54, 1.807) is 6.08 Å². The first kappa shape index (κ1) is 18.0. The Morgan fingerprint density at radius 2 is 2.09 bits per heavy atom. The largest absolute Gasteiger partial charge is 0.447 e. The van der Waals surface area contributed by atoms with Crippen molar-refractivity contribution >= 4 is 12.0 Å². The van der Waals surface area contributed by atoms with Crippen molar-refractivity contribution in [1.29, 1.82) is 0 Å². The van der Waals surface area contributed by atoms with Crippen LogP contribution in [0.15, 0.2) is 12.2 Å². The number of carbonyl (C=O) groups is 2. The van der Waals surface area contributed by atoms with Gasteiger partial charge in [0.25, 0.3) is 0 Å². The maximum atomic E-state index is 12.5. The second-order valence-electron chi connectivity index (χ2n) is 6.60. The summed E-state index contributed by atoms with van der Waals surface area (Å²) in [4.78, 5) is 25.5. The molecule has 0 unspecified atom stereocenters. The Kier molecular flexibility index (Phi) is 7.09. The number of amides is 2. The number of aliphatic hydroxyl groups is 1. The van der Waals surface area contributed by atoms with Gasteiger partial charge < -0.3 is 9.84 Å². The van der Waals surface area contributed by atoms with Crippen molar-refractivity contribution in [2.24, 2.45) is 5.92 Å². The van der Waals surface area contributed by atoms with E-state index in [2.05, 4.69) is 6.92 Å². The zero-order valence-electron chi connectivity index (χ0n) is 14.1. The number of cyclic esters (lactones) is 1. The summed E-state index contributed by atoms with van der Waals surface area (Å²) < 4.78 is 5.01. The van der Waals surface area contributed by atoms with E-state index >= 15 is 0 Å². The zero-order valence-corrected chi connectivity index (χ0v) is 14.1. The average Bonchev–Trinajstić information content (AvgIpc) is 3.19. The van der Waals surface area contributed by atoms with E-state index in [1.165, 1.54) is 19.3 Å². The Hall–Kier alpha value is -1.36. The third-order valence-electron chi connectivity index (χ3n) is 4.80. The highest BCUT2D eigenvalue weighted by molar-refractivity contribution is 5.95. The van der Waals surface area contributed by atoms with E-state index in [0.717, 1.165) is 43.4 Å². The first-order valence-electron chi connectivity index (χ1n) is 8.99. The van der Waals surface area contributed by atoms with E-state index in [0.29, 0.717) is 0 Å². The fourth-order valence-electron chi connectivity index (χ4n) is 3.36. The number of aliphatic hydroxyl groups excluding tert-OH is 1. The lowest BCUT2D eigenvalue weighted by Gasteiger charge is -2.24. The van der Waals surface area contributed by atoms with Gasteiger partial charge in [0.2, 0.25) is 5.91 Å². The molecule has 2 fully saturated rings. The minimum Gasteiger partial charge on any atom is -0.447 e. The maximum absolute atomic E-state index is 12.5. The predicted molar refractivity (Wildman–Crippen MR) is 87.8 cm³/mol. The molecule has 1 saturated carbocycles. The summed E-state index contributed by atoms with van der Waals surface area (Å²) in [7, 11) is 0. The standard InChI is InChI=1S/C18H29NO4/c1-2-3-4-5-6-7-12-16(20)15-13-23-18(22)19(15)17(21)14-10-8-9-11-14/h7,12,14-16,20H,2-6,8-11,13H2,1H3/b12-7+/t15-,16+/m0/s1. The third-order valence-corrected chi connectivity index (χ3v) is 4.80. The lowest BCUT2D eigenvalue weighted by Crippen LogP contribution is -2.47. The molecular weight excluding hydrogens is 294 g/mol. The molecule has 2 rings (SSSR count). The fraction of sp³-hybridized carbons (Fsp3) is 0.778. The molecule has 0 aromatic carbocycles. The van der Waals surface area contributed by atoms with Gasteiger partial charge in [0, 0.05) is 5.92 Å². The van der Waals surface area contributed by atoms with E-state index in [1.807, 2.05) is 6.08 Å². The van der Waals surface area contributed by atoms with E-state index in [-0.39, 0.29) is 18.4 Å².